The first-order chi connectivity index (χ1) is 6.90. The molecule has 1 aromatic carbocycles. The molecule has 3 heteroatoms. The van der Waals surface area contributed by atoms with Crippen LogP contribution in [0.2, 0.25) is 0 Å². The number of hydrogen-bond donors (Lipinski definition) is 0. The molecular weight excluding hydrogens is 192 g/mol. The van der Waals surface area contributed by atoms with Gasteiger partial charge in [0, 0.05) is 31.9 Å². The van der Waals surface area contributed by atoms with Crippen LogP contribution in [-0.2, 0) is 0 Å². The summed E-state index contributed by atoms with van der Waals surface area (Å²) in [7, 11) is 0. The van der Waals surface area contributed by atoms with E-state index in [0.717, 1.165) is 26.2 Å². The summed E-state index contributed by atoms with van der Waals surface area (Å²) in [4.78, 5) is 4.59. The third kappa shape index (κ3) is 2.04. The molecule has 1 aromatic rings. The highest BCUT2D eigenvalue weighted by Gasteiger charge is 2.13. The molecule has 0 amide bonds. The topological polar surface area (TPSA) is 6.48 Å². The Bertz CT molecular complexity index is 291. The molecule has 1 heterocycles. The van der Waals surface area contributed by atoms with E-state index >= 15 is 0 Å². The second kappa shape index (κ2) is 4.42. The van der Waals surface area contributed by atoms with Crippen molar-refractivity contribution in [2.45, 2.75) is 0 Å². The Labute approximate surface area is 90.1 Å². The van der Waals surface area contributed by atoms with Gasteiger partial charge in [-0.15, -0.1) is 0 Å². The summed E-state index contributed by atoms with van der Waals surface area (Å²) in [6.45, 7) is 4.21. The molecule has 0 aromatic heterocycles. The summed E-state index contributed by atoms with van der Waals surface area (Å²) in [5.74, 6) is 0. The summed E-state index contributed by atoms with van der Waals surface area (Å²) in [5.41, 5.74) is 3.08. The van der Waals surface area contributed by atoms with Gasteiger partial charge < -0.3 is 9.80 Å². The predicted molar refractivity (Wildman–Crippen MR) is 63.9 cm³/mol. The Balaban J connectivity index is 1.99. The molecule has 74 valence electrons. The maximum absolute atomic E-state index is 4.91. The van der Waals surface area contributed by atoms with E-state index < -0.39 is 0 Å². The van der Waals surface area contributed by atoms with Gasteiger partial charge in [0.15, 0.2) is 0 Å². The summed E-state index contributed by atoms with van der Waals surface area (Å²) < 4.78 is 0. The quantitative estimate of drug-likeness (QED) is 0.681. The third-order valence-electron chi connectivity index (χ3n) is 2.58. The molecule has 1 aliphatic heterocycles. The molecule has 0 unspecified atom stereocenters. The number of hydrogen-bond acceptors (Lipinski definition) is 2. The molecule has 1 saturated heterocycles. The normalized spacial score (nSPS) is 16.9. The first-order valence-corrected chi connectivity index (χ1v) is 5.36. The molecule has 2 rings (SSSR count). The van der Waals surface area contributed by atoms with Crippen molar-refractivity contribution in [2.24, 2.45) is 0 Å². The Morgan fingerprint density at radius 1 is 1.00 bits per heavy atom. The van der Waals surface area contributed by atoms with Crippen molar-refractivity contribution in [1.82, 2.24) is 4.90 Å². The molecule has 1 aliphatic rings. The zero-order valence-corrected chi connectivity index (χ0v) is 8.91. The van der Waals surface area contributed by atoms with Crippen LogP contribution in [0.15, 0.2) is 30.3 Å². The average Bonchev–Trinajstić information content (AvgIpc) is 2.30. The summed E-state index contributed by atoms with van der Waals surface area (Å²) in [6, 6.07) is 10.5. The van der Waals surface area contributed by atoms with Gasteiger partial charge in [-0.2, -0.15) is 0 Å². The number of thiocarbonyl (C=S) groups is 1. The Hall–Kier alpha value is -1.09. The Morgan fingerprint density at radius 2 is 1.64 bits per heavy atom. The Morgan fingerprint density at radius 3 is 2.21 bits per heavy atom. The van der Waals surface area contributed by atoms with Gasteiger partial charge in [0.2, 0.25) is 0 Å². The van der Waals surface area contributed by atoms with E-state index in [1.165, 1.54) is 5.69 Å². The van der Waals surface area contributed by atoms with E-state index in [1.807, 2.05) is 0 Å². The van der Waals surface area contributed by atoms with Gasteiger partial charge in [-0.25, -0.2) is 0 Å². The number of rotatable bonds is 2. The lowest BCUT2D eigenvalue weighted by atomic mass is 10.2. The maximum Gasteiger partial charge on any atom is 0.0642 e. The highest BCUT2D eigenvalue weighted by molar-refractivity contribution is 7.78. The molecule has 0 atom stereocenters. The van der Waals surface area contributed by atoms with Crippen molar-refractivity contribution in [3.63, 3.8) is 0 Å². The highest BCUT2D eigenvalue weighted by Crippen LogP contribution is 2.14. The van der Waals surface area contributed by atoms with Crippen LogP contribution in [0.3, 0.4) is 0 Å². The maximum atomic E-state index is 4.91. The summed E-state index contributed by atoms with van der Waals surface area (Å²) >= 11 is 4.91. The predicted octanol–water partition coefficient (Wildman–Crippen LogP) is 1.77. The molecule has 2 nitrogen and oxygen atoms in total. The lowest BCUT2D eigenvalue weighted by molar-refractivity contribution is 0.401. The minimum absolute atomic E-state index is 1.04. The molecule has 0 bridgehead atoms. The standard InChI is InChI=1S/C11H14N2S/c14-10-12-6-8-13(9-7-12)11-4-2-1-3-5-11/h1-5,10H,6-9H2. The lowest BCUT2D eigenvalue weighted by Gasteiger charge is -2.34. The molecule has 0 saturated carbocycles. The average molecular weight is 206 g/mol. The van der Waals surface area contributed by atoms with Crippen molar-refractivity contribution in [2.75, 3.05) is 31.1 Å². The van der Waals surface area contributed by atoms with E-state index in [2.05, 4.69) is 40.1 Å². The zero-order valence-electron chi connectivity index (χ0n) is 8.10. The largest absolute Gasteiger partial charge is 0.368 e. The van der Waals surface area contributed by atoms with Crippen molar-refractivity contribution >= 4 is 23.4 Å². The minimum atomic E-state index is 1.04. The fourth-order valence-corrected chi connectivity index (χ4v) is 1.94. The van der Waals surface area contributed by atoms with E-state index in [-0.39, 0.29) is 0 Å². The van der Waals surface area contributed by atoms with Crippen LogP contribution in [0.25, 0.3) is 0 Å². The van der Waals surface area contributed by atoms with Crippen LogP contribution in [0, 0.1) is 0 Å². The van der Waals surface area contributed by atoms with Gasteiger partial charge in [-0.1, -0.05) is 30.4 Å². The third-order valence-corrected chi connectivity index (χ3v) is 2.88. The van der Waals surface area contributed by atoms with Gasteiger partial charge in [0.25, 0.3) is 0 Å². The van der Waals surface area contributed by atoms with Gasteiger partial charge in [-0.05, 0) is 12.1 Å². The van der Waals surface area contributed by atoms with Crippen LogP contribution in [0.4, 0.5) is 5.69 Å². The van der Waals surface area contributed by atoms with Crippen molar-refractivity contribution in [3.8, 4) is 0 Å². The number of nitrogens with zero attached hydrogens (tertiary/aromatic N) is 2. The fourth-order valence-electron chi connectivity index (χ4n) is 1.72. The highest BCUT2D eigenvalue weighted by atomic mass is 32.1. The van der Waals surface area contributed by atoms with Crippen molar-refractivity contribution < 1.29 is 0 Å². The fraction of sp³-hybridized carbons (Fsp3) is 0.364. The van der Waals surface area contributed by atoms with Crippen LogP contribution in [0.5, 0.6) is 0 Å². The van der Waals surface area contributed by atoms with Crippen molar-refractivity contribution in [3.05, 3.63) is 30.3 Å². The number of piperazine rings is 1. The second-order valence-electron chi connectivity index (χ2n) is 3.46. The molecule has 0 aliphatic carbocycles. The number of anilines is 1. The first kappa shape index (κ1) is 9.46. The smallest absolute Gasteiger partial charge is 0.0642 e. The van der Waals surface area contributed by atoms with Gasteiger partial charge in [0.1, 0.15) is 0 Å². The van der Waals surface area contributed by atoms with Gasteiger partial charge in [0.05, 0.1) is 5.49 Å². The Kier molecular flexibility index (Phi) is 2.99. The zero-order chi connectivity index (χ0) is 9.80. The molecule has 0 radical (unpaired) electrons. The summed E-state index contributed by atoms with van der Waals surface area (Å²) in [6.07, 6.45) is 0. The molecular formula is C11H14N2S. The minimum Gasteiger partial charge on any atom is -0.368 e. The van der Waals surface area contributed by atoms with Gasteiger partial charge >= 0.3 is 0 Å². The molecule has 1 fully saturated rings. The SMILES string of the molecule is S=CN1CCN(c2ccccc2)CC1. The first-order valence-electron chi connectivity index (χ1n) is 4.89. The molecule has 14 heavy (non-hydrogen) atoms. The van der Waals surface area contributed by atoms with Crippen LogP contribution in [-0.4, -0.2) is 36.6 Å². The molecule has 0 N–H and O–H groups in total. The molecule has 0 spiro atoms. The van der Waals surface area contributed by atoms with E-state index in [9.17, 15) is 0 Å². The van der Waals surface area contributed by atoms with Crippen LogP contribution >= 0.6 is 12.2 Å². The lowest BCUT2D eigenvalue weighted by Crippen LogP contribution is -2.45. The van der Waals surface area contributed by atoms with E-state index in [0.29, 0.717) is 0 Å². The van der Waals surface area contributed by atoms with Gasteiger partial charge in [-0.3, -0.25) is 0 Å². The monoisotopic (exact) mass is 206 g/mol. The van der Waals surface area contributed by atoms with Crippen molar-refractivity contribution in [1.29, 1.82) is 0 Å². The summed E-state index contributed by atoms with van der Waals surface area (Å²) in [5, 5.41) is 0. The number of para-hydroxylation sites is 1. The van der Waals surface area contributed by atoms with E-state index in [1.54, 1.807) is 5.49 Å². The van der Waals surface area contributed by atoms with Crippen LogP contribution < -0.4 is 4.90 Å². The van der Waals surface area contributed by atoms with Crippen LogP contribution in [0.1, 0.15) is 0 Å². The second-order valence-corrected chi connectivity index (χ2v) is 3.67. The van der Waals surface area contributed by atoms with E-state index in [4.69, 9.17) is 12.2 Å². The number of benzene rings is 1.